The van der Waals surface area contributed by atoms with Gasteiger partial charge in [-0.05, 0) is 58.8 Å². The summed E-state index contributed by atoms with van der Waals surface area (Å²) in [6.45, 7) is 9.59. The van der Waals surface area contributed by atoms with Crippen molar-refractivity contribution in [3.8, 4) is 0 Å². The van der Waals surface area contributed by atoms with Crippen LogP contribution in [0.25, 0.3) is 0 Å². The summed E-state index contributed by atoms with van der Waals surface area (Å²) in [5.74, 6) is -0.0109. The smallest absolute Gasteiger partial charge is 0.270 e. The third-order valence-corrected chi connectivity index (χ3v) is 7.01. The van der Waals surface area contributed by atoms with Crippen molar-refractivity contribution in [1.82, 2.24) is 0 Å². The summed E-state index contributed by atoms with van der Waals surface area (Å²) in [6, 6.07) is 0. The van der Waals surface area contributed by atoms with E-state index in [1.807, 2.05) is 13.8 Å². The van der Waals surface area contributed by atoms with Crippen molar-refractivity contribution >= 4 is 20.2 Å². The molecule has 21 heavy (non-hydrogen) atoms. The second-order valence-electron chi connectivity index (χ2n) is 7.32. The van der Waals surface area contributed by atoms with Gasteiger partial charge in [0.25, 0.3) is 20.2 Å². The molecule has 0 heterocycles. The Labute approximate surface area is 128 Å². The van der Waals surface area contributed by atoms with Crippen LogP contribution in [0.4, 0.5) is 0 Å². The van der Waals surface area contributed by atoms with Crippen LogP contribution >= 0.6 is 0 Å². The minimum Gasteiger partial charge on any atom is -0.285 e. The van der Waals surface area contributed by atoms with E-state index in [4.69, 9.17) is 0 Å². The zero-order chi connectivity index (χ0) is 17.3. The summed E-state index contributed by atoms with van der Waals surface area (Å²) >= 11 is 0. The van der Waals surface area contributed by atoms with Gasteiger partial charge < -0.3 is 0 Å². The molecule has 0 aromatic rings. The molecule has 0 aliphatic carbocycles. The van der Waals surface area contributed by atoms with Crippen LogP contribution < -0.4 is 0 Å². The monoisotopic (exact) mass is 344 g/mol. The lowest BCUT2D eigenvalue weighted by Gasteiger charge is -2.29. The largest absolute Gasteiger partial charge is 0.285 e. The van der Waals surface area contributed by atoms with Crippen molar-refractivity contribution in [1.29, 1.82) is 0 Å². The Bertz CT molecular complexity index is 495. The predicted molar refractivity (Wildman–Crippen MR) is 83.4 cm³/mol. The molecule has 2 N–H and O–H groups in total. The average molecular weight is 344 g/mol. The summed E-state index contributed by atoms with van der Waals surface area (Å²) < 4.78 is 61.0. The molecular formula is C13H28O6S2. The zero-order valence-electron chi connectivity index (χ0n) is 13.6. The Kier molecular flexibility index (Phi) is 6.46. The lowest BCUT2D eigenvalue weighted by Crippen LogP contribution is -2.35. The molecule has 0 saturated heterocycles. The van der Waals surface area contributed by atoms with Crippen LogP contribution in [-0.4, -0.2) is 35.4 Å². The van der Waals surface area contributed by atoms with E-state index in [9.17, 15) is 25.9 Å². The van der Waals surface area contributed by atoms with Crippen LogP contribution in [0.15, 0.2) is 0 Å². The van der Waals surface area contributed by atoms with Gasteiger partial charge in [-0.25, -0.2) is 0 Å². The third kappa shape index (κ3) is 6.22. The zero-order valence-corrected chi connectivity index (χ0v) is 15.3. The molecule has 0 spiro atoms. The van der Waals surface area contributed by atoms with Gasteiger partial charge in [-0.15, -0.1) is 0 Å². The quantitative estimate of drug-likeness (QED) is 0.655. The average Bonchev–Trinajstić information content (AvgIpc) is 2.10. The van der Waals surface area contributed by atoms with Gasteiger partial charge in [0, 0.05) is 0 Å². The summed E-state index contributed by atoms with van der Waals surface area (Å²) in [4.78, 5) is 0. The molecule has 0 bridgehead atoms. The molecule has 0 radical (unpaired) electrons. The van der Waals surface area contributed by atoms with E-state index in [0.717, 1.165) is 0 Å². The molecule has 0 rings (SSSR count). The molecule has 6 nitrogen and oxygen atoms in total. The molecule has 0 aromatic carbocycles. The van der Waals surface area contributed by atoms with Crippen LogP contribution in [0.2, 0.25) is 0 Å². The lowest BCUT2D eigenvalue weighted by atomic mass is 9.86. The standard InChI is InChI=1S/C13H28O6S2/c1-10(8-12(3,4)20(14,15)16)7-11(2)9-13(5,6)21(17,18)19/h10-11H,7-9H2,1-6H3,(H,14,15,16)(H,17,18,19). The van der Waals surface area contributed by atoms with Crippen molar-refractivity contribution in [3.05, 3.63) is 0 Å². The van der Waals surface area contributed by atoms with E-state index in [1.54, 1.807) is 0 Å². The van der Waals surface area contributed by atoms with E-state index < -0.39 is 29.7 Å². The first-order chi connectivity index (χ1) is 8.99. The van der Waals surface area contributed by atoms with Gasteiger partial charge in [0.2, 0.25) is 0 Å². The van der Waals surface area contributed by atoms with Gasteiger partial charge in [0.15, 0.2) is 0 Å². The van der Waals surface area contributed by atoms with Crippen molar-refractivity contribution in [2.75, 3.05) is 0 Å². The highest BCUT2D eigenvalue weighted by Gasteiger charge is 2.37. The SMILES string of the molecule is CC(CC(C)CC(C)(C)S(=O)(=O)O)CC(C)(C)S(=O)(=O)O. The van der Waals surface area contributed by atoms with Gasteiger partial charge in [0.05, 0.1) is 9.49 Å². The molecule has 2 unspecified atom stereocenters. The Hall–Kier alpha value is -0.180. The first-order valence-electron chi connectivity index (χ1n) is 6.93. The fraction of sp³-hybridized carbons (Fsp3) is 1.00. The van der Waals surface area contributed by atoms with Gasteiger partial charge in [-0.2, -0.15) is 16.8 Å². The molecule has 0 amide bonds. The van der Waals surface area contributed by atoms with Gasteiger partial charge in [-0.1, -0.05) is 13.8 Å². The summed E-state index contributed by atoms with van der Waals surface area (Å²) in [5, 5.41) is 0. The molecule has 0 saturated carbocycles. The van der Waals surface area contributed by atoms with Gasteiger partial charge in [-0.3, -0.25) is 9.11 Å². The maximum atomic E-state index is 11.3. The first-order valence-corrected chi connectivity index (χ1v) is 9.81. The minimum absolute atomic E-state index is 0.00544. The molecule has 2 atom stereocenters. The second-order valence-corrected chi connectivity index (χ2v) is 11.4. The van der Waals surface area contributed by atoms with Crippen LogP contribution in [-0.2, 0) is 20.2 Å². The first kappa shape index (κ1) is 20.8. The topological polar surface area (TPSA) is 109 Å². The summed E-state index contributed by atoms with van der Waals surface area (Å²) in [7, 11) is -8.25. The Balaban J connectivity index is 4.72. The van der Waals surface area contributed by atoms with E-state index in [2.05, 4.69) is 0 Å². The Morgan fingerprint density at radius 3 is 1.19 bits per heavy atom. The van der Waals surface area contributed by atoms with Crippen molar-refractivity contribution < 1.29 is 25.9 Å². The van der Waals surface area contributed by atoms with E-state index in [1.165, 1.54) is 27.7 Å². The predicted octanol–water partition coefficient (Wildman–Crippen LogP) is 2.76. The molecule has 0 aliphatic rings. The maximum Gasteiger partial charge on any atom is 0.270 e. The number of hydrogen-bond acceptors (Lipinski definition) is 4. The minimum atomic E-state index is -4.13. The number of rotatable bonds is 8. The van der Waals surface area contributed by atoms with Crippen molar-refractivity contribution in [2.45, 2.75) is 70.3 Å². The lowest BCUT2D eigenvalue weighted by molar-refractivity contribution is 0.314. The third-order valence-electron chi connectivity index (χ3n) is 3.88. The molecule has 128 valence electrons. The van der Waals surface area contributed by atoms with E-state index >= 15 is 0 Å². The number of hydrogen-bond donors (Lipinski definition) is 2. The fourth-order valence-electron chi connectivity index (χ4n) is 2.74. The van der Waals surface area contributed by atoms with E-state index in [-0.39, 0.29) is 24.7 Å². The van der Waals surface area contributed by atoms with E-state index in [0.29, 0.717) is 6.42 Å². The second kappa shape index (κ2) is 6.52. The molecule has 0 aliphatic heterocycles. The Morgan fingerprint density at radius 1 is 0.762 bits per heavy atom. The van der Waals surface area contributed by atoms with Crippen molar-refractivity contribution in [2.24, 2.45) is 11.8 Å². The molecule has 0 aromatic heterocycles. The van der Waals surface area contributed by atoms with Crippen LogP contribution in [0.1, 0.15) is 60.8 Å². The highest BCUT2D eigenvalue weighted by Crippen LogP contribution is 2.32. The highest BCUT2D eigenvalue weighted by atomic mass is 32.2. The molecule has 0 fully saturated rings. The van der Waals surface area contributed by atoms with Crippen LogP contribution in [0.5, 0.6) is 0 Å². The maximum absolute atomic E-state index is 11.3. The molecular weight excluding hydrogens is 316 g/mol. The van der Waals surface area contributed by atoms with Crippen LogP contribution in [0.3, 0.4) is 0 Å². The summed E-state index contributed by atoms with van der Waals surface area (Å²) in [5.41, 5.74) is 0. The fourth-order valence-corrected chi connectivity index (χ4v) is 3.73. The Morgan fingerprint density at radius 2 is 1.00 bits per heavy atom. The highest BCUT2D eigenvalue weighted by molar-refractivity contribution is 7.87. The van der Waals surface area contributed by atoms with Crippen LogP contribution in [0, 0.1) is 11.8 Å². The molecule has 8 heteroatoms. The van der Waals surface area contributed by atoms with Crippen molar-refractivity contribution in [3.63, 3.8) is 0 Å². The summed E-state index contributed by atoms with van der Waals surface area (Å²) in [6.07, 6.45) is 1.17. The van der Waals surface area contributed by atoms with Gasteiger partial charge in [0.1, 0.15) is 0 Å². The normalized spacial score (nSPS) is 17.5. The van der Waals surface area contributed by atoms with Gasteiger partial charge >= 0.3 is 0 Å².